The molecule has 1 aromatic heterocycles. The van der Waals surface area contributed by atoms with Gasteiger partial charge in [-0.3, -0.25) is 14.5 Å². The number of carbonyl (C=O) groups excluding carboxylic acids is 2. The number of aromatic nitrogens is 3. The molecule has 2 amide bonds. The first-order valence-electron chi connectivity index (χ1n) is 14.5. The van der Waals surface area contributed by atoms with Gasteiger partial charge in [-0.2, -0.15) is 28.1 Å². The molecule has 0 spiro atoms. The van der Waals surface area contributed by atoms with E-state index >= 15 is 0 Å². The van der Waals surface area contributed by atoms with Crippen LogP contribution in [0.25, 0.3) is 11.4 Å². The second kappa shape index (κ2) is 14.2. The third-order valence-electron chi connectivity index (χ3n) is 7.61. The number of hydrogen-bond donors (Lipinski definition) is 1. The third kappa shape index (κ3) is 9.08. The Morgan fingerprint density at radius 1 is 0.844 bits per heavy atom. The molecule has 2 aliphatic rings. The summed E-state index contributed by atoms with van der Waals surface area (Å²) in [4.78, 5) is 46.1. The fraction of sp³-hybridized carbons (Fsp3) is 0.433. The predicted molar refractivity (Wildman–Crippen MR) is 157 cm³/mol. The number of likely N-dealkylation sites (N-methyl/N-ethyl adjacent to an activating group) is 1. The summed E-state index contributed by atoms with van der Waals surface area (Å²) < 4.78 is 56.4. The largest absolute Gasteiger partial charge is 0.454 e. The van der Waals surface area contributed by atoms with Gasteiger partial charge >= 0.3 is 12.2 Å². The van der Waals surface area contributed by atoms with Crippen molar-refractivity contribution >= 4 is 17.8 Å². The average molecular weight is 631 g/mol. The fourth-order valence-corrected chi connectivity index (χ4v) is 4.96. The molecule has 2 saturated heterocycles. The molecule has 1 N–H and O–H groups in total. The van der Waals surface area contributed by atoms with Gasteiger partial charge in [-0.1, -0.05) is 24.3 Å². The number of rotatable bonds is 9. The number of anilines is 1. The molecule has 2 aliphatic heterocycles. The standard InChI is InChI=1S/C30H34F4N8O3/c1-39-10-14-41(15-11-39)25(43)19-40-12-16-42(17-13-40)27(44)23-6-4-22(5-7-23)26-36-28(35-18-21-2-8-24(31)9-3-21)38-29(37-26)45-20-30(32,33)34/h2-9H,10-20H2,1H3,(H,35,36,37,38). The molecule has 2 fully saturated rings. The Balaban J connectivity index is 1.21. The van der Waals surface area contributed by atoms with Crippen molar-refractivity contribution in [2.75, 3.05) is 77.9 Å². The Bertz CT molecular complexity index is 1460. The van der Waals surface area contributed by atoms with Crippen molar-refractivity contribution in [2.45, 2.75) is 12.7 Å². The van der Waals surface area contributed by atoms with Crippen molar-refractivity contribution in [3.63, 3.8) is 0 Å². The van der Waals surface area contributed by atoms with E-state index in [2.05, 4.69) is 30.1 Å². The number of nitrogens with one attached hydrogen (secondary N) is 1. The summed E-state index contributed by atoms with van der Waals surface area (Å²) in [7, 11) is 2.04. The van der Waals surface area contributed by atoms with Gasteiger partial charge in [0.25, 0.3) is 5.91 Å². The van der Waals surface area contributed by atoms with Gasteiger partial charge in [-0.05, 0) is 36.9 Å². The molecule has 3 heterocycles. The number of hydrogen-bond acceptors (Lipinski definition) is 9. The second-order valence-electron chi connectivity index (χ2n) is 11.0. The second-order valence-corrected chi connectivity index (χ2v) is 11.0. The predicted octanol–water partition coefficient (Wildman–Crippen LogP) is 2.76. The Morgan fingerprint density at radius 3 is 2.13 bits per heavy atom. The Kier molecular flexibility index (Phi) is 10.1. The summed E-state index contributed by atoms with van der Waals surface area (Å²) in [5.41, 5.74) is 1.56. The summed E-state index contributed by atoms with van der Waals surface area (Å²) in [5.74, 6) is -0.455. The summed E-state index contributed by atoms with van der Waals surface area (Å²) >= 11 is 0. The first-order valence-corrected chi connectivity index (χ1v) is 14.5. The number of benzene rings is 2. The van der Waals surface area contributed by atoms with E-state index in [-0.39, 0.29) is 30.1 Å². The van der Waals surface area contributed by atoms with E-state index in [4.69, 9.17) is 4.74 Å². The molecular formula is C30H34F4N8O3. The van der Waals surface area contributed by atoms with Gasteiger partial charge in [0.2, 0.25) is 11.9 Å². The van der Waals surface area contributed by atoms with Crippen LogP contribution < -0.4 is 10.1 Å². The van der Waals surface area contributed by atoms with E-state index in [0.717, 1.165) is 26.2 Å². The lowest BCUT2D eigenvalue weighted by molar-refractivity contribution is -0.154. The van der Waals surface area contributed by atoms with Crippen LogP contribution in [-0.4, -0.2) is 125 Å². The average Bonchev–Trinajstić information content (AvgIpc) is 3.03. The lowest BCUT2D eigenvalue weighted by Crippen LogP contribution is -2.54. The van der Waals surface area contributed by atoms with Crippen molar-refractivity contribution in [1.82, 2.24) is 34.6 Å². The minimum absolute atomic E-state index is 0.0365. The molecule has 0 aliphatic carbocycles. The molecule has 15 heteroatoms. The van der Waals surface area contributed by atoms with E-state index in [1.165, 1.54) is 12.1 Å². The monoisotopic (exact) mass is 630 g/mol. The highest BCUT2D eigenvalue weighted by molar-refractivity contribution is 5.94. The lowest BCUT2D eigenvalue weighted by Gasteiger charge is -2.37. The third-order valence-corrected chi connectivity index (χ3v) is 7.61. The molecule has 5 rings (SSSR count). The van der Waals surface area contributed by atoms with Crippen molar-refractivity contribution in [2.24, 2.45) is 0 Å². The molecule has 3 aromatic rings. The van der Waals surface area contributed by atoms with Crippen molar-refractivity contribution in [3.8, 4) is 17.4 Å². The zero-order valence-electron chi connectivity index (χ0n) is 24.8. The minimum atomic E-state index is -4.60. The maximum atomic E-state index is 13.2. The highest BCUT2D eigenvalue weighted by atomic mass is 19.4. The SMILES string of the molecule is CN1CCN(C(=O)CN2CCN(C(=O)c3ccc(-c4nc(NCc5ccc(F)cc5)nc(OCC(F)(F)F)n4)cc3)CC2)CC1. The van der Waals surface area contributed by atoms with Crippen LogP contribution in [0.1, 0.15) is 15.9 Å². The van der Waals surface area contributed by atoms with Crippen LogP contribution in [0.5, 0.6) is 6.01 Å². The minimum Gasteiger partial charge on any atom is -0.454 e. The Hall–Kier alpha value is -4.37. The number of nitrogens with zero attached hydrogens (tertiary/aromatic N) is 7. The van der Waals surface area contributed by atoms with Crippen LogP contribution in [0.3, 0.4) is 0 Å². The summed E-state index contributed by atoms with van der Waals surface area (Å²) in [6.07, 6.45) is -4.60. The van der Waals surface area contributed by atoms with E-state index in [1.807, 2.05) is 11.9 Å². The smallest absolute Gasteiger partial charge is 0.422 e. The molecule has 0 saturated carbocycles. The molecule has 0 radical (unpaired) electrons. The van der Waals surface area contributed by atoms with Crippen LogP contribution in [-0.2, 0) is 11.3 Å². The van der Waals surface area contributed by atoms with E-state index in [9.17, 15) is 27.2 Å². The van der Waals surface area contributed by atoms with Gasteiger partial charge < -0.3 is 24.8 Å². The Morgan fingerprint density at radius 2 is 1.49 bits per heavy atom. The molecule has 2 aromatic carbocycles. The number of carbonyl (C=O) groups is 2. The highest BCUT2D eigenvalue weighted by Crippen LogP contribution is 2.23. The Labute approximate surface area is 257 Å². The van der Waals surface area contributed by atoms with Crippen molar-refractivity contribution < 1.29 is 31.9 Å². The molecule has 11 nitrogen and oxygen atoms in total. The zero-order chi connectivity index (χ0) is 32.0. The maximum absolute atomic E-state index is 13.2. The summed E-state index contributed by atoms with van der Waals surface area (Å²) in [6.45, 7) is 4.23. The first-order chi connectivity index (χ1) is 21.5. The number of ether oxygens (including phenoxy) is 1. The lowest BCUT2D eigenvalue weighted by atomic mass is 10.1. The summed E-state index contributed by atoms with van der Waals surface area (Å²) in [6, 6.07) is 11.6. The van der Waals surface area contributed by atoms with Gasteiger partial charge in [0, 0.05) is 70.0 Å². The number of halogens is 4. The molecule has 0 bridgehead atoms. The molecule has 240 valence electrons. The fourth-order valence-electron chi connectivity index (χ4n) is 4.96. The van der Waals surface area contributed by atoms with Crippen LogP contribution in [0.2, 0.25) is 0 Å². The van der Waals surface area contributed by atoms with Crippen LogP contribution >= 0.6 is 0 Å². The van der Waals surface area contributed by atoms with Gasteiger partial charge in [0.1, 0.15) is 5.82 Å². The van der Waals surface area contributed by atoms with Crippen molar-refractivity contribution in [1.29, 1.82) is 0 Å². The van der Waals surface area contributed by atoms with Gasteiger partial charge in [-0.25, -0.2) is 4.39 Å². The summed E-state index contributed by atoms with van der Waals surface area (Å²) in [5, 5.41) is 2.90. The van der Waals surface area contributed by atoms with Crippen molar-refractivity contribution in [3.05, 3.63) is 65.5 Å². The molecule has 45 heavy (non-hydrogen) atoms. The van der Waals surface area contributed by atoms with E-state index in [0.29, 0.717) is 49.4 Å². The maximum Gasteiger partial charge on any atom is 0.422 e. The quantitative estimate of drug-likeness (QED) is 0.358. The van der Waals surface area contributed by atoms with Crippen LogP contribution in [0, 0.1) is 5.82 Å². The first kappa shape index (κ1) is 32.0. The normalized spacial score (nSPS) is 16.5. The number of amides is 2. The van der Waals surface area contributed by atoms with E-state index in [1.54, 1.807) is 41.3 Å². The molecule has 0 atom stereocenters. The van der Waals surface area contributed by atoms with Gasteiger partial charge in [0.15, 0.2) is 12.4 Å². The van der Waals surface area contributed by atoms with Gasteiger partial charge in [-0.15, -0.1) is 0 Å². The molecular weight excluding hydrogens is 596 g/mol. The highest BCUT2D eigenvalue weighted by Gasteiger charge is 2.30. The topological polar surface area (TPSA) is 107 Å². The van der Waals surface area contributed by atoms with E-state index < -0.39 is 24.6 Å². The number of alkyl halides is 3. The van der Waals surface area contributed by atoms with Crippen LogP contribution in [0.4, 0.5) is 23.5 Å². The zero-order valence-corrected chi connectivity index (χ0v) is 24.8. The van der Waals surface area contributed by atoms with Gasteiger partial charge in [0.05, 0.1) is 6.54 Å². The number of piperazine rings is 2. The molecule has 0 unspecified atom stereocenters. The van der Waals surface area contributed by atoms with Crippen LogP contribution in [0.15, 0.2) is 48.5 Å².